The standard InChI is InChI=1S/C8H20N.CN/c1-5-9(6-2,7-3)8-4;1-2/h5-8H2,1-4H3;/q+1;-1. The maximum atomic E-state index is 6.25. The van der Waals surface area contributed by atoms with Crippen molar-refractivity contribution in [2.45, 2.75) is 27.7 Å². The van der Waals surface area contributed by atoms with Gasteiger partial charge in [-0.05, 0) is 27.7 Å². The van der Waals surface area contributed by atoms with Gasteiger partial charge in [-0.1, -0.05) is 0 Å². The van der Waals surface area contributed by atoms with Gasteiger partial charge in [0.15, 0.2) is 0 Å². The third kappa shape index (κ3) is 4.00. The summed E-state index contributed by atoms with van der Waals surface area (Å²) in [6, 6.07) is 0. The minimum absolute atomic E-state index is 1.28. The van der Waals surface area contributed by atoms with Crippen LogP contribution in [-0.4, -0.2) is 30.7 Å². The monoisotopic (exact) mass is 156 g/mol. The van der Waals surface area contributed by atoms with Gasteiger partial charge in [-0.3, -0.25) is 0 Å². The highest BCUT2D eigenvalue weighted by molar-refractivity contribution is 4.31. The van der Waals surface area contributed by atoms with Crippen LogP contribution in [0.5, 0.6) is 0 Å². The second kappa shape index (κ2) is 7.56. The SMILES string of the molecule is CC[N+](CC)(CC)CC.[C-]#N. The fourth-order valence-corrected chi connectivity index (χ4v) is 1.34. The summed E-state index contributed by atoms with van der Waals surface area (Å²) in [6.45, 7) is 19.0. The van der Waals surface area contributed by atoms with Gasteiger partial charge >= 0.3 is 0 Å². The van der Waals surface area contributed by atoms with Gasteiger partial charge in [0.1, 0.15) is 0 Å². The summed E-state index contributed by atoms with van der Waals surface area (Å²) < 4.78 is 1.28. The quantitative estimate of drug-likeness (QED) is 0.451. The molecule has 0 heterocycles. The van der Waals surface area contributed by atoms with Crippen LogP contribution in [0, 0.1) is 11.8 Å². The highest BCUT2D eigenvalue weighted by atomic mass is 15.3. The predicted molar refractivity (Wildman–Crippen MR) is 47.4 cm³/mol. The van der Waals surface area contributed by atoms with Crippen LogP contribution >= 0.6 is 0 Å². The molecule has 0 aromatic rings. The Bertz CT molecular complexity index is 75.5. The van der Waals surface area contributed by atoms with Crippen LogP contribution in [0.3, 0.4) is 0 Å². The summed E-state index contributed by atoms with van der Waals surface area (Å²) in [5.74, 6) is 0. The Morgan fingerprint density at radius 1 is 0.818 bits per heavy atom. The van der Waals surface area contributed by atoms with E-state index < -0.39 is 0 Å². The summed E-state index contributed by atoms with van der Waals surface area (Å²) in [5, 5.41) is 6.25. The molecule has 0 amide bonds. The molecular weight excluding hydrogens is 136 g/mol. The molecule has 0 bridgehead atoms. The molecule has 2 nitrogen and oxygen atoms in total. The van der Waals surface area contributed by atoms with E-state index in [1.807, 2.05) is 0 Å². The minimum Gasteiger partial charge on any atom is -0.512 e. The van der Waals surface area contributed by atoms with Gasteiger partial charge < -0.3 is 16.3 Å². The van der Waals surface area contributed by atoms with Crippen molar-refractivity contribution in [2.24, 2.45) is 0 Å². The smallest absolute Gasteiger partial charge is 0.0757 e. The maximum absolute atomic E-state index is 6.25. The fraction of sp³-hybridized carbons (Fsp3) is 0.889. The first-order chi connectivity index (χ1) is 5.24. The van der Waals surface area contributed by atoms with Crippen molar-refractivity contribution < 1.29 is 4.48 Å². The average Bonchev–Trinajstić information content (AvgIpc) is 2.13. The van der Waals surface area contributed by atoms with E-state index in [2.05, 4.69) is 27.7 Å². The zero-order chi connectivity index (χ0) is 9.33. The highest BCUT2D eigenvalue weighted by Gasteiger charge is 2.16. The summed E-state index contributed by atoms with van der Waals surface area (Å²) in [5.41, 5.74) is 0. The normalized spacial score (nSPS) is 10.0. The fourth-order valence-electron chi connectivity index (χ4n) is 1.34. The molecular formula is C9H20N2. The lowest BCUT2D eigenvalue weighted by atomic mass is 10.3. The van der Waals surface area contributed by atoms with E-state index in [0.717, 1.165) is 0 Å². The predicted octanol–water partition coefficient (Wildman–Crippen LogP) is 1.98. The van der Waals surface area contributed by atoms with Gasteiger partial charge in [0, 0.05) is 0 Å². The lowest BCUT2D eigenvalue weighted by molar-refractivity contribution is -0.921. The summed E-state index contributed by atoms with van der Waals surface area (Å²) >= 11 is 0. The number of hydrogen-bond acceptors (Lipinski definition) is 1. The first-order valence-corrected chi connectivity index (χ1v) is 4.32. The first-order valence-electron chi connectivity index (χ1n) is 4.32. The topological polar surface area (TPSA) is 23.8 Å². The molecule has 0 unspecified atom stereocenters. The van der Waals surface area contributed by atoms with Gasteiger partial charge in [-0.2, -0.15) is 0 Å². The molecule has 0 saturated carbocycles. The zero-order valence-electron chi connectivity index (χ0n) is 8.22. The van der Waals surface area contributed by atoms with Crippen LogP contribution in [0.25, 0.3) is 0 Å². The minimum atomic E-state index is 1.28. The van der Waals surface area contributed by atoms with E-state index in [4.69, 9.17) is 11.8 Å². The van der Waals surface area contributed by atoms with Gasteiger partial charge in [0.05, 0.1) is 26.2 Å². The largest absolute Gasteiger partial charge is 0.512 e. The molecule has 0 aromatic carbocycles. The molecule has 0 aliphatic rings. The Labute approximate surface area is 71.0 Å². The third-order valence-corrected chi connectivity index (χ3v) is 2.68. The van der Waals surface area contributed by atoms with Crippen molar-refractivity contribution in [3.8, 4) is 0 Å². The molecule has 0 aliphatic carbocycles. The van der Waals surface area contributed by atoms with Crippen LogP contribution in [0.1, 0.15) is 27.7 Å². The van der Waals surface area contributed by atoms with E-state index in [9.17, 15) is 0 Å². The van der Waals surface area contributed by atoms with Crippen molar-refractivity contribution in [1.29, 1.82) is 5.26 Å². The number of rotatable bonds is 4. The van der Waals surface area contributed by atoms with Crippen molar-refractivity contribution in [1.82, 2.24) is 0 Å². The van der Waals surface area contributed by atoms with E-state index in [-0.39, 0.29) is 0 Å². The van der Waals surface area contributed by atoms with Gasteiger partial charge in [0.25, 0.3) is 0 Å². The van der Waals surface area contributed by atoms with Crippen LogP contribution in [0.4, 0.5) is 0 Å². The molecule has 0 atom stereocenters. The molecule has 0 rings (SSSR count). The molecule has 0 aliphatic heterocycles. The van der Waals surface area contributed by atoms with E-state index in [1.165, 1.54) is 30.7 Å². The molecule has 0 aromatic heterocycles. The molecule has 0 radical (unpaired) electrons. The Hall–Kier alpha value is -0.550. The third-order valence-electron chi connectivity index (χ3n) is 2.68. The molecule has 2 heteroatoms. The molecule has 0 saturated heterocycles. The Kier molecular flexibility index (Phi) is 8.98. The van der Waals surface area contributed by atoms with E-state index in [1.54, 1.807) is 0 Å². The summed E-state index contributed by atoms with van der Waals surface area (Å²) in [4.78, 5) is 0. The number of hydrogen-bond donors (Lipinski definition) is 0. The maximum Gasteiger partial charge on any atom is 0.0757 e. The van der Waals surface area contributed by atoms with Crippen molar-refractivity contribution in [3.63, 3.8) is 0 Å². The molecule has 0 fully saturated rings. The van der Waals surface area contributed by atoms with Crippen LogP contribution in [0.2, 0.25) is 0 Å². The second-order valence-corrected chi connectivity index (χ2v) is 2.61. The van der Waals surface area contributed by atoms with Crippen LogP contribution in [0.15, 0.2) is 0 Å². The summed E-state index contributed by atoms with van der Waals surface area (Å²) in [7, 11) is 0. The lowest BCUT2D eigenvalue weighted by Gasteiger charge is -2.34. The second-order valence-electron chi connectivity index (χ2n) is 2.61. The Morgan fingerprint density at radius 2 is 1.00 bits per heavy atom. The number of nitrogens with zero attached hydrogens (tertiary/aromatic N) is 2. The average molecular weight is 156 g/mol. The first kappa shape index (κ1) is 13.1. The summed E-state index contributed by atoms with van der Waals surface area (Å²) in [6.07, 6.45) is 0. The molecule has 0 spiro atoms. The van der Waals surface area contributed by atoms with E-state index >= 15 is 0 Å². The lowest BCUT2D eigenvalue weighted by Crippen LogP contribution is -2.47. The molecule has 0 N–H and O–H groups in total. The van der Waals surface area contributed by atoms with Gasteiger partial charge in [-0.25, -0.2) is 0 Å². The van der Waals surface area contributed by atoms with E-state index in [0.29, 0.717) is 0 Å². The number of quaternary nitrogens is 1. The Balaban J connectivity index is 0. The Morgan fingerprint density at radius 3 is 1.00 bits per heavy atom. The molecule has 11 heavy (non-hydrogen) atoms. The van der Waals surface area contributed by atoms with Crippen LogP contribution < -0.4 is 0 Å². The van der Waals surface area contributed by atoms with Crippen LogP contribution in [-0.2, 0) is 0 Å². The van der Waals surface area contributed by atoms with Crippen molar-refractivity contribution in [3.05, 3.63) is 6.57 Å². The molecule has 66 valence electrons. The van der Waals surface area contributed by atoms with Crippen molar-refractivity contribution >= 4 is 0 Å². The van der Waals surface area contributed by atoms with Crippen molar-refractivity contribution in [2.75, 3.05) is 26.2 Å². The van der Waals surface area contributed by atoms with Gasteiger partial charge in [0.2, 0.25) is 0 Å². The highest BCUT2D eigenvalue weighted by Crippen LogP contribution is 2.03. The zero-order valence-corrected chi connectivity index (χ0v) is 8.22. The van der Waals surface area contributed by atoms with Gasteiger partial charge in [-0.15, -0.1) is 0 Å².